The number of aliphatic hydroxyl groups excluding tert-OH is 1. The molecule has 0 saturated heterocycles. The van der Waals surface area contributed by atoms with Crippen LogP contribution in [0.2, 0.25) is 0 Å². The highest BCUT2D eigenvalue weighted by atomic mass is 19.4. The number of carbonyl (C=O) groups excluding carboxylic acids is 2. The molecule has 12 heteroatoms. The van der Waals surface area contributed by atoms with Crippen LogP contribution in [0.25, 0.3) is 0 Å². The first-order valence-corrected chi connectivity index (χ1v) is 14.6. The first-order chi connectivity index (χ1) is 21.4. The van der Waals surface area contributed by atoms with Crippen molar-refractivity contribution in [1.29, 1.82) is 0 Å². The van der Waals surface area contributed by atoms with Gasteiger partial charge in [-0.25, -0.2) is 4.79 Å². The number of carbonyl (C=O) groups is 2. The first-order valence-electron chi connectivity index (χ1n) is 14.6. The third-order valence-electron chi connectivity index (χ3n) is 7.75. The number of ether oxygens (including phenoxy) is 2. The zero-order chi connectivity index (χ0) is 32.7. The van der Waals surface area contributed by atoms with Crippen LogP contribution in [0.3, 0.4) is 0 Å². The summed E-state index contributed by atoms with van der Waals surface area (Å²) in [7, 11) is 3.41. The second-order valence-corrected chi connectivity index (χ2v) is 11.4. The van der Waals surface area contributed by atoms with Crippen molar-refractivity contribution < 1.29 is 37.3 Å². The maximum Gasteiger partial charge on any atom is 0.416 e. The molecule has 242 valence electrons. The predicted molar refractivity (Wildman–Crippen MR) is 165 cm³/mol. The SMILES string of the molecule is COc1ccc(NC(=O)Nc2ccc3c(c2)CC(=O)N([C@H](C)CO)C[C@@H](C)[C@H](CN(C)Cc2ccc(C(F)(F)F)cc2)O3)cc1. The van der Waals surface area contributed by atoms with Crippen LogP contribution in [0.5, 0.6) is 11.5 Å². The smallest absolute Gasteiger partial charge is 0.416 e. The molecule has 0 unspecified atom stereocenters. The third-order valence-corrected chi connectivity index (χ3v) is 7.75. The number of aliphatic hydroxyl groups is 1. The molecule has 1 aliphatic heterocycles. The fourth-order valence-corrected chi connectivity index (χ4v) is 5.18. The minimum absolute atomic E-state index is 0.00384. The van der Waals surface area contributed by atoms with E-state index in [1.807, 2.05) is 18.9 Å². The number of anilines is 2. The molecule has 0 aromatic heterocycles. The van der Waals surface area contributed by atoms with Gasteiger partial charge in [-0.2, -0.15) is 13.2 Å². The highest BCUT2D eigenvalue weighted by Gasteiger charge is 2.32. The molecular weight excluding hydrogens is 589 g/mol. The minimum Gasteiger partial charge on any atom is -0.497 e. The zero-order valence-corrected chi connectivity index (χ0v) is 25.7. The van der Waals surface area contributed by atoms with Crippen LogP contribution < -0.4 is 20.1 Å². The molecule has 3 aromatic rings. The number of alkyl halides is 3. The number of hydrogen-bond acceptors (Lipinski definition) is 6. The van der Waals surface area contributed by atoms with E-state index in [-0.39, 0.29) is 24.9 Å². The van der Waals surface area contributed by atoms with Crippen LogP contribution in [0.15, 0.2) is 66.7 Å². The van der Waals surface area contributed by atoms with Crippen LogP contribution in [0.4, 0.5) is 29.3 Å². The van der Waals surface area contributed by atoms with E-state index < -0.39 is 29.9 Å². The Morgan fingerprint density at radius 1 is 1.09 bits per heavy atom. The summed E-state index contributed by atoms with van der Waals surface area (Å²) in [6.07, 6.45) is -4.81. The molecule has 0 bridgehead atoms. The van der Waals surface area contributed by atoms with E-state index in [9.17, 15) is 27.9 Å². The fourth-order valence-electron chi connectivity index (χ4n) is 5.18. The zero-order valence-electron chi connectivity index (χ0n) is 25.7. The maximum absolute atomic E-state index is 13.5. The summed E-state index contributed by atoms with van der Waals surface area (Å²) >= 11 is 0. The van der Waals surface area contributed by atoms with Crippen molar-refractivity contribution in [2.45, 2.75) is 45.1 Å². The normalized spacial score (nSPS) is 17.8. The number of methoxy groups -OCH3 is 1. The Morgan fingerprint density at radius 2 is 1.73 bits per heavy atom. The minimum atomic E-state index is -4.40. The Hall–Kier alpha value is -4.29. The molecular formula is C33H39F3N4O5. The topological polar surface area (TPSA) is 103 Å². The number of rotatable bonds is 9. The number of urea groups is 1. The Balaban J connectivity index is 1.53. The summed E-state index contributed by atoms with van der Waals surface area (Å²) in [5.74, 6) is 0.804. The third kappa shape index (κ3) is 9.11. The van der Waals surface area contributed by atoms with Crippen molar-refractivity contribution in [3.05, 3.63) is 83.4 Å². The van der Waals surface area contributed by atoms with Gasteiger partial charge in [0.2, 0.25) is 5.91 Å². The van der Waals surface area contributed by atoms with Crippen LogP contribution in [0.1, 0.15) is 30.5 Å². The van der Waals surface area contributed by atoms with Gasteiger partial charge in [0.1, 0.15) is 17.6 Å². The Kier molecular flexibility index (Phi) is 10.9. The molecule has 1 heterocycles. The number of nitrogens with zero attached hydrogens (tertiary/aromatic N) is 2. The molecule has 4 rings (SSSR count). The van der Waals surface area contributed by atoms with E-state index in [0.29, 0.717) is 48.1 Å². The lowest BCUT2D eigenvalue weighted by atomic mass is 10.0. The van der Waals surface area contributed by atoms with Gasteiger partial charge in [0.05, 0.1) is 31.7 Å². The summed E-state index contributed by atoms with van der Waals surface area (Å²) in [6, 6.07) is 16.1. The molecule has 0 saturated carbocycles. The number of likely N-dealkylation sites (N-methyl/N-ethyl adjacent to an activating group) is 1. The number of amides is 3. The van der Waals surface area contributed by atoms with Crippen molar-refractivity contribution in [2.24, 2.45) is 5.92 Å². The molecule has 0 aliphatic carbocycles. The molecule has 45 heavy (non-hydrogen) atoms. The number of fused-ring (bicyclic) bond motifs is 1. The molecule has 1 aliphatic rings. The highest BCUT2D eigenvalue weighted by molar-refractivity contribution is 6.00. The Morgan fingerprint density at radius 3 is 2.36 bits per heavy atom. The van der Waals surface area contributed by atoms with Gasteiger partial charge in [-0.1, -0.05) is 19.1 Å². The van der Waals surface area contributed by atoms with Crippen molar-refractivity contribution in [3.63, 3.8) is 0 Å². The van der Waals surface area contributed by atoms with E-state index in [1.165, 1.54) is 12.1 Å². The summed E-state index contributed by atoms with van der Waals surface area (Å²) in [6.45, 7) is 4.67. The fraction of sp³-hybridized carbons (Fsp3) is 0.394. The Bertz CT molecular complexity index is 1450. The van der Waals surface area contributed by atoms with E-state index in [2.05, 4.69) is 10.6 Å². The number of nitrogens with one attached hydrogen (secondary N) is 2. The first kappa shape index (κ1) is 33.6. The molecule has 0 fully saturated rings. The number of halogens is 3. The molecule has 3 atom stereocenters. The van der Waals surface area contributed by atoms with E-state index in [1.54, 1.807) is 61.4 Å². The van der Waals surface area contributed by atoms with Gasteiger partial charge in [0, 0.05) is 42.5 Å². The second kappa shape index (κ2) is 14.7. The summed E-state index contributed by atoms with van der Waals surface area (Å²) < 4.78 is 50.7. The van der Waals surface area contributed by atoms with E-state index in [4.69, 9.17) is 9.47 Å². The van der Waals surface area contributed by atoms with Gasteiger partial charge in [-0.3, -0.25) is 9.69 Å². The lowest BCUT2D eigenvalue weighted by molar-refractivity contribution is -0.137. The van der Waals surface area contributed by atoms with Gasteiger partial charge in [-0.05, 0) is 74.1 Å². The lowest BCUT2D eigenvalue weighted by Gasteiger charge is -2.34. The quantitative estimate of drug-likeness (QED) is 0.284. The number of hydrogen-bond donors (Lipinski definition) is 3. The summed E-state index contributed by atoms with van der Waals surface area (Å²) in [4.78, 5) is 29.8. The molecule has 3 aromatic carbocycles. The molecule has 9 nitrogen and oxygen atoms in total. The van der Waals surface area contributed by atoms with E-state index in [0.717, 1.165) is 17.7 Å². The van der Waals surface area contributed by atoms with Crippen LogP contribution >= 0.6 is 0 Å². The van der Waals surface area contributed by atoms with Crippen LogP contribution in [0, 0.1) is 5.92 Å². The highest BCUT2D eigenvalue weighted by Crippen LogP contribution is 2.31. The summed E-state index contributed by atoms with van der Waals surface area (Å²) in [5, 5.41) is 15.4. The van der Waals surface area contributed by atoms with Crippen LogP contribution in [-0.4, -0.2) is 72.8 Å². The number of benzene rings is 3. The monoisotopic (exact) mass is 628 g/mol. The maximum atomic E-state index is 13.5. The average molecular weight is 629 g/mol. The van der Waals surface area contributed by atoms with Gasteiger partial charge in [0.15, 0.2) is 0 Å². The van der Waals surface area contributed by atoms with Gasteiger partial charge >= 0.3 is 12.2 Å². The largest absolute Gasteiger partial charge is 0.497 e. The van der Waals surface area contributed by atoms with Gasteiger partial charge in [-0.15, -0.1) is 0 Å². The van der Waals surface area contributed by atoms with E-state index >= 15 is 0 Å². The molecule has 3 amide bonds. The lowest BCUT2D eigenvalue weighted by Crippen LogP contribution is -2.47. The predicted octanol–water partition coefficient (Wildman–Crippen LogP) is 5.64. The molecule has 3 N–H and O–H groups in total. The average Bonchev–Trinajstić information content (AvgIpc) is 3.04. The van der Waals surface area contributed by atoms with Crippen molar-refractivity contribution in [1.82, 2.24) is 9.80 Å². The van der Waals surface area contributed by atoms with Crippen molar-refractivity contribution in [3.8, 4) is 11.5 Å². The second-order valence-electron chi connectivity index (χ2n) is 11.4. The molecule has 0 radical (unpaired) electrons. The van der Waals surface area contributed by atoms with Crippen LogP contribution in [-0.2, 0) is 23.9 Å². The standard InChI is InChI=1S/C33H39F3N4O5/c1-21-17-40(22(2)20-41)31(42)16-24-15-27(38-32(43)37-26-9-12-28(44-4)13-10-26)11-14-29(24)45-30(21)19-39(3)18-23-5-7-25(8-6-23)33(34,35)36/h5-15,21-22,30,41H,16-20H2,1-4H3,(H2,37,38,43)/t21-,22-,30+/m1/s1. The Labute approximate surface area is 260 Å². The van der Waals surface area contributed by atoms with Crippen molar-refractivity contribution in [2.75, 3.05) is 44.5 Å². The summed E-state index contributed by atoms with van der Waals surface area (Å²) in [5.41, 5.74) is 1.62. The van der Waals surface area contributed by atoms with Crippen molar-refractivity contribution >= 4 is 23.3 Å². The van der Waals surface area contributed by atoms with Gasteiger partial charge in [0.25, 0.3) is 0 Å². The van der Waals surface area contributed by atoms with Gasteiger partial charge < -0.3 is 30.1 Å². The molecule has 0 spiro atoms.